The molecule has 0 atom stereocenters. The highest BCUT2D eigenvalue weighted by Crippen LogP contribution is 2.46. The lowest BCUT2D eigenvalue weighted by atomic mass is 9.85. The summed E-state index contributed by atoms with van der Waals surface area (Å²) in [5.74, 6) is 0. The Morgan fingerprint density at radius 2 is 0.319 bits per heavy atom. The fourth-order valence-electron chi connectivity index (χ4n) is 11.6. The van der Waals surface area contributed by atoms with Gasteiger partial charge >= 0.3 is 0 Å². The van der Waals surface area contributed by atoms with E-state index in [-0.39, 0.29) is 0 Å². The van der Waals surface area contributed by atoms with E-state index in [1.807, 2.05) is 0 Å². The van der Waals surface area contributed by atoms with Crippen LogP contribution in [-0.4, -0.2) is 0 Å². The zero-order valence-electron chi connectivity index (χ0n) is 39.6. The second kappa shape index (κ2) is 17.2. The molecule has 0 saturated heterocycles. The summed E-state index contributed by atoms with van der Waals surface area (Å²) in [5, 5.41) is 15.1. The van der Waals surface area contributed by atoms with Crippen molar-refractivity contribution in [2.75, 3.05) is 0 Å². The Morgan fingerprint density at radius 1 is 0.125 bits per heavy atom. The molecule has 0 unspecified atom stereocenters. The molecule has 0 saturated carbocycles. The highest BCUT2D eigenvalue weighted by atomic mass is 14.2. The molecule has 0 nitrogen and oxygen atoms in total. The van der Waals surface area contributed by atoms with Gasteiger partial charge in [-0.3, -0.25) is 0 Å². The summed E-state index contributed by atoms with van der Waals surface area (Å²) in [5.41, 5.74) is 17.4. The van der Waals surface area contributed by atoms with Gasteiger partial charge in [0, 0.05) is 0 Å². The molecular weight excluding hydrogens is 865 g/mol. The van der Waals surface area contributed by atoms with Gasteiger partial charge in [0.25, 0.3) is 0 Å². The minimum atomic E-state index is 1.21. The molecule has 0 fully saturated rings. The number of hydrogen-bond donors (Lipinski definition) is 0. The second-order valence-corrected chi connectivity index (χ2v) is 19.1. The fraction of sp³-hybridized carbons (Fsp3) is 0. The summed E-state index contributed by atoms with van der Waals surface area (Å²) < 4.78 is 0. The van der Waals surface area contributed by atoms with E-state index in [4.69, 9.17) is 0 Å². The third-order valence-corrected chi connectivity index (χ3v) is 15.0. The Labute approximate surface area is 419 Å². The van der Waals surface area contributed by atoms with Gasteiger partial charge in [-0.2, -0.15) is 0 Å². The molecule has 14 aromatic rings. The van der Waals surface area contributed by atoms with Crippen LogP contribution >= 0.6 is 0 Å². The predicted molar refractivity (Wildman–Crippen MR) is 310 cm³/mol. The van der Waals surface area contributed by atoms with Crippen LogP contribution in [0.4, 0.5) is 0 Å². The lowest BCUT2D eigenvalue weighted by Crippen LogP contribution is -1.90. The van der Waals surface area contributed by atoms with Crippen LogP contribution < -0.4 is 0 Å². The summed E-state index contributed by atoms with van der Waals surface area (Å²) in [4.78, 5) is 0. The highest BCUT2D eigenvalue weighted by Gasteiger charge is 2.19. The number of rotatable bonds is 7. The molecule has 0 heterocycles. The highest BCUT2D eigenvalue weighted by molar-refractivity contribution is 6.23. The van der Waals surface area contributed by atoms with Gasteiger partial charge in [0.2, 0.25) is 0 Å². The van der Waals surface area contributed by atoms with Gasteiger partial charge in [-0.25, -0.2) is 0 Å². The van der Waals surface area contributed by atoms with Crippen LogP contribution in [-0.2, 0) is 0 Å². The fourth-order valence-corrected chi connectivity index (χ4v) is 11.6. The molecule has 0 bridgehead atoms. The van der Waals surface area contributed by atoms with Crippen molar-refractivity contribution in [3.8, 4) is 77.9 Å². The van der Waals surface area contributed by atoms with Crippen LogP contribution in [0.5, 0.6) is 0 Å². The Morgan fingerprint density at radius 3 is 0.611 bits per heavy atom. The van der Waals surface area contributed by atoms with E-state index < -0.39 is 0 Å². The number of benzene rings is 14. The van der Waals surface area contributed by atoms with E-state index in [0.29, 0.717) is 0 Å². The maximum Gasteiger partial charge on any atom is -0.00262 e. The monoisotopic (exact) mass is 910 g/mol. The van der Waals surface area contributed by atoms with Gasteiger partial charge in [-0.1, -0.05) is 255 Å². The summed E-state index contributed by atoms with van der Waals surface area (Å²) in [6, 6.07) is 103. The van der Waals surface area contributed by atoms with Crippen LogP contribution in [0.15, 0.2) is 279 Å². The van der Waals surface area contributed by atoms with E-state index in [0.717, 1.165) is 0 Å². The first kappa shape index (κ1) is 41.6. The third kappa shape index (κ3) is 7.07. The molecule has 0 radical (unpaired) electrons. The Bertz CT molecular complexity index is 4280. The summed E-state index contributed by atoms with van der Waals surface area (Å²) in [7, 11) is 0. The Balaban J connectivity index is 0.733. The molecule has 14 rings (SSSR count). The van der Waals surface area contributed by atoms with Gasteiger partial charge in [0.15, 0.2) is 0 Å². The molecule has 0 N–H and O–H groups in total. The topological polar surface area (TPSA) is 0 Å². The molecule has 14 aromatic carbocycles. The van der Waals surface area contributed by atoms with Crippen LogP contribution in [0.1, 0.15) is 0 Å². The van der Waals surface area contributed by atoms with Crippen molar-refractivity contribution in [1.29, 1.82) is 0 Å². The van der Waals surface area contributed by atoms with E-state index >= 15 is 0 Å². The van der Waals surface area contributed by atoms with Gasteiger partial charge in [-0.15, -0.1) is 0 Å². The number of fused-ring (bicyclic) bond motifs is 6. The molecule has 0 heteroatoms. The van der Waals surface area contributed by atoms with Crippen molar-refractivity contribution < 1.29 is 0 Å². The van der Waals surface area contributed by atoms with Crippen LogP contribution in [0, 0.1) is 0 Å². The van der Waals surface area contributed by atoms with Gasteiger partial charge < -0.3 is 0 Å². The van der Waals surface area contributed by atoms with Crippen molar-refractivity contribution in [3.63, 3.8) is 0 Å². The summed E-state index contributed by atoms with van der Waals surface area (Å²) in [6.07, 6.45) is 0. The average Bonchev–Trinajstić information content (AvgIpc) is 3.46. The molecule has 0 aliphatic rings. The molecule has 0 amide bonds. The van der Waals surface area contributed by atoms with Gasteiger partial charge in [0.05, 0.1) is 0 Å². The first-order valence-corrected chi connectivity index (χ1v) is 25.0. The number of hydrogen-bond acceptors (Lipinski definition) is 0. The zero-order chi connectivity index (χ0) is 47.5. The first-order chi connectivity index (χ1) is 35.7. The van der Waals surface area contributed by atoms with Gasteiger partial charge in [-0.05, 0) is 167 Å². The minimum absolute atomic E-state index is 1.21. The first-order valence-electron chi connectivity index (χ1n) is 25.0. The average molecular weight is 911 g/mol. The van der Waals surface area contributed by atoms with E-state index in [9.17, 15) is 0 Å². The quantitative estimate of drug-likeness (QED) is 0.140. The maximum absolute atomic E-state index is 2.37. The van der Waals surface area contributed by atoms with Crippen molar-refractivity contribution in [1.82, 2.24) is 0 Å². The summed E-state index contributed by atoms with van der Waals surface area (Å²) >= 11 is 0. The van der Waals surface area contributed by atoms with Crippen molar-refractivity contribution in [2.24, 2.45) is 0 Å². The predicted octanol–water partition coefficient (Wildman–Crippen LogP) is 20.3. The lowest BCUT2D eigenvalue weighted by molar-refractivity contribution is 1.61. The minimum Gasteiger partial charge on any atom is -0.0622 e. The Hall–Kier alpha value is -9.36. The summed E-state index contributed by atoms with van der Waals surface area (Å²) in [6.45, 7) is 0. The van der Waals surface area contributed by atoms with Crippen LogP contribution in [0.25, 0.3) is 143 Å². The Kier molecular flexibility index (Phi) is 9.96. The van der Waals surface area contributed by atoms with Gasteiger partial charge in [0.1, 0.15) is 0 Å². The van der Waals surface area contributed by atoms with E-state index in [1.54, 1.807) is 0 Å². The molecule has 72 heavy (non-hydrogen) atoms. The molecule has 0 aliphatic heterocycles. The van der Waals surface area contributed by atoms with Crippen LogP contribution in [0.2, 0.25) is 0 Å². The standard InChI is InChI=1S/C72H46/c1-3-15-50(16-4-1)69-61-19-7-9-21-63(61)71(64-22-10-8-20-62(64)69)52-33-31-49(32-34-52)55-36-39-56-43-53(35-38-57(56)44-55)47-27-29-48(30-28-47)54-37-40-59-46-60(42-41-58(59)45-54)72-67-25-13-11-23-65(67)70(51-17-5-2-6-18-51)66-24-12-14-26-68(66)72/h1-46H. The van der Waals surface area contributed by atoms with Crippen molar-refractivity contribution in [2.45, 2.75) is 0 Å². The zero-order valence-corrected chi connectivity index (χ0v) is 39.6. The molecule has 0 spiro atoms. The van der Waals surface area contributed by atoms with E-state index in [2.05, 4.69) is 279 Å². The molecule has 334 valence electrons. The third-order valence-electron chi connectivity index (χ3n) is 15.0. The SMILES string of the molecule is c1ccc(-c2c3ccccc3c(-c3ccc(-c4ccc5cc(-c6ccc(-c7ccc8cc(-c9c%10ccccc%10c(-c%10ccccc%10)c%10ccccc9%10)ccc8c7)cc6)ccc5c4)cc3)c3ccccc23)cc1. The van der Waals surface area contributed by atoms with Crippen LogP contribution in [0.3, 0.4) is 0 Å². The normalized spacial score (nSPS) is 11.6. The maximum atomic E-state index is 2.37. The van der Waals surface area contributed by atoms with Crippen molar-refractivity contribution >= 4 is 64.6 Å². The lowest BCUT2D eigenvalue weighted by Gasteiger charge is -2.18. The molecule has 0 aromatic heterocycles. The van der Waals surface area contributed by atoms with Crippen molar-refractivity contribution in [3.05, 3.63) is 279 Å². The smallest absolute Gasteiger partial charge is 0.00262 e. The second-order valence-electron chi connectivity index (χ2n) is 19.1. The molecular formula is C72H46. The molecule has 0 aliphatic carbocycles. The largest absolute Gasteiger partial charge is 0.0622 e. The van der Waals surface area contributed by atoms with E-state index in [1.165, 1.54) is 143 Å².